The highest BCUT2D eigenvalue weighted by Gasteiger charge is 2.66. The minimum Gasteiger partial charge on any atom is -0.396 e. The number of allylic oxidation sites excluding steroid dienone is 2. The van der Waals surface area contributed by atoms with Gasteiger partial charge in [0.25, 0.3) is 0 Å². The number of aliphatic hydroxyl groups is 2. The van der Waals surface area contributed by atoms with E-state index in [1.807, 2.05) is 91.0 Å². The fraction of sp³-hybridized carbons (Fsp3) is 0.222. The highest BCUT2D eigenvalue weighted by atomic mass is 16.3. The third-order valence-corrected chi connectivity index (χ3v) is 9.08. The molecule has 1 unspecified atom stereocenters. The van der Waals surface area contributed by atoms with Gasteiger partial charge in [0.15, 0.2) is 5.60 Å². The quantitative estimate of drug-likeness (QED) is 0.241. The highest BCUT2D eigenvalue weighted by molar-refractivity contribution is 6.08. The summed E-state index contributed by atoms with van der Waals surface area (Å²) in [5.41, 5.74) is 3.55. The van der Waals surface area contributed by atoms with Crippen LogP contribution in [-0.4, -0.2) is 50.0 Å². The molecule has 1 saturated carbocycles. The number of aliphatic hydroxyl groups excluding tert-OH is 1. The van der Waals surface area contributed by atoms with Crippen LogP contribution >= 0.6 is 0 Å². The maximum Gasteiger partial charge on any atom is 0.234 e. The average molecular weight is 570 g/mol. The second-order valence-electron chi connectivity index (χ2n) is 11.3. The number of carbonyl (C=O) groups excluding carboxylic acids is 2. The number of nitrogens with zero attached hydrogens (tertiary/aromatic N) is 3. The van der Waals surface area contributed by atoms with Crippen molar-refractivity contribution in [1.82, 2.24) is 14.9 Å². The van der Waals surface area contributed by atoms with E-state index >= 15 is 0 Å². The van der Waals surface area contributed by atoms with Gasteiger partial charge in [0.2, 0.25) is 11.8 Å². The highest BCUT2D eigenvalue weighted by Crippen LogP contribution is 2.64. The topological polar surface area (TPSA) is 104 Å². The number of pyridine rings is 2. The number of hydrogen-bond acceptors (Lipinski definition) is 6. The number of hydrogen-bond donors (Lipinski definition) is 2. The Hall–Kier alpha value is -4.72. The van der Waals surface area contributed by atoms with E-state index in [1.165, 1.54) is 4.90 Å². The summed E-state index contributed by atoms with van der Waals surface area (Å²) < 4.78 is 0. The summed E-state index contributed by atoms with van der Waals surface area (Å²) in [7, 11) is 0. The van der Waals surface area contributed by atoms with Crippen LogP contribution in [0.15, 0.2) is 127 Å². The molecule has 214 valence electrons. The monoisotopic (exact) mass is 569 g/mol. The van der Waals surface area contributed by atoms with Crippen molar-refractivity contribution >= 4 is 17.4 Å². The molecule has 2 bridgehead atoms. The predicted molar refractivity (Wildman–Crippen MR) is 161 cm³/mol. The van der Waals surface area contributed by atoms with Gasteiger partial charge in [-0.25, -0.2) is 0 Å². The summed E-state index contributed by atoms with van der Waals surface area (Å²) in [6.45, 7) is 0.0587. The smallest absolute Gasteiger partial charge is 0.234 e. The van der Waals surface area contributed by atoms with E-state index in [0.717, 1.165) is 22.4 Å². The molecule has 7 nitrogen and oxygen atoms in total. The van der Waals surface area contributed by atoms with E-state index in [2.05, 4.69) is 4.98 Å². The lowest BCUT2D eigenvalue weighted by atomic mass is 9.71. The van der Waals surface area contributed by atoms with Crippen LogP contribution in [0.3, 0.4) is 0 Å². The van der Waals surface area contributed by atoms with E-state index in [-0.39, 0.29) is 25.0 Å². The van der Waals surface area contributed by atoms with Gasteiger partial charge < -0.3 is 10.2 Å². The van der Waals surface area contributed by atoms with Gasteiger partial charge in [0.05, 0.1) is 23.2 Å². The Kier molecular flexibility index (Phi) is 6.84. The Labute approximate surface area is 249 Å². The number of amides is 2. The first-order valence-corrected chi connectivity index (χ1v) is 14.6. The van der Waals surface area contributed by atoms with Crippen LogP contribution in [0.1, 0.15) is 28.9 Å². The van der Waals surface area contributed by atoms with E-state index in [9.17, 15) is 19.8 Å². The molecule has 1 aliphatic heterocycles. The molecule has 7 heteroatoms. The molecular weight excluding hydrogens is 538 g/mol. The van der Waals surface area contributed by atoms with E-state index in [0.29, 0.717) is 23.3 Å². The van der Waals surface area contributed by atoms with Gasteiger partial charge in [-0.15, -0.1) is 0 Å². The van der Waals surface area contributed by atoms with Crippen LogP contribution in [-0.2, 0) is 15.2 Å². The van der Waals surface area contributed by atoms with Crippen molar-refractivity contribution in [2.75, 3.05) is 13.2 Å². The largest absolute Gasteiger partial charge is 0.396 e. The molecule has 7 rings (SSSR count). The summed E-state index contributed by atoms with van der Waals surface area (Å²) in [5, 5.41) is 22.4. The Balaban J connectivity index is 1.50. The van der Waals surface area contributed by atoms with Crippen molar-refractivity contribution in [3.63, 3.8) is 0 Å². The Morgan fingerprint density at radius 3 is 2.09 bits per heavy atom. The average Bonchev–Trinajstić information content (AvgIpc) is 3.68. The standard InChI is InChI=1S/C36H31N3O4/c40-21-11-20-39-34(41)31-25-22-26(36(43,24-14-5-2-6-15-24)28-17-8-10-19-38-28)32(33(31)35(39)42)30(25)29(23-12-3-1-4-13-23)27-16-7-9-18-37-27/h1-10,12-19,22,25,31-33,40,43H,11,20-21H2/t25-,31-,32+,33-,36?/m0/s1. The zero-order valence-corrected chi connectivity index (χ0v) is 23.5. The zero-order valence-electron chi connectivity index (χ0n) is 23.5. The summed E-state index contributed by atoms with van der Waals surface area (Å²) in [6.07, 6.45) is 5.72. The number of likely N-dealkylation sites (tertiary alicyclic amines) is 1. The minimum absolute atomic E-state index is 0.112. The fourth-order valence-electron chi connectivity index (χ4n) is 7.36. The van der Waals surface area contributed by atoms with Gasteiger partial charge >= 0.3 is 0 Å². The maximum atomic E-state index is 14.1. The molecule has 43 heavy (non-hydrogen) atoms. The first kappa shape index (κ1) is 27.1. The molecule has 3 heterocycles. The second kappa shape index (κ2) is 10.8. The predicted octanol–water partition coefficient (Wildman–Crippen LogP) is 4.38. The molecular formula is C36H31N3O4. The lowest BCUT2D eigenvalue weighted by Gasteiger charge is -2.36. The summed E-state index contributed by atoms with van der Waals surface area (Å²) in [6, 6.07) is 30.5. The third kappa shape index (κ3) is 4.19. The summed E-state index contributed by atoms with van der Waals surface area (Å²) in [5.74, 6) is -2.78. The van der Waals surface area contributed by atoms with E-state index < -0.39 is 29.3 Å². The van der Waals surface area contributed by atoms with Crippen molar-refractivity contribution < 1.29 is 19.8 Å². The number of carbonyl (C=O) groups is 2. The number of aromatic nitrogens is 2. The number of fused-ring (bicyclic) bond motifs is 5. The van der Waals surface area contributed by atoms with Crippen molar-refractivity contribution in [2.24, 2.45) is 23.7 Å². The second-order valence-corrected chi connectivity index (χ2v) is 11.3. The molecule has 2 aromatic heterocycles. The fourth-order valence-corrected chi connectivity index (χ4v) is 7.36. The molecule has 2 N–H and O–H groups in total. The lowest BCUT2D eigenvalue weighted by molar-refractivity contribution is -0.140. The van der Waals surface area contributed by atoms with Gasteiger partial charge in [-0.2, -0.15) is 0 Å². The van der Waals surface area contributed by atoms with Crippen molar-refractivity contribution in [1.29, 1.82) is 0 Å². The van der Waals surface area contributed by atoms with Crippen LogP contribution in [0.2, 0.25) is 0 Å². The molecule has 5 atom stereocenters. The van der Waals surface area contributed by atoms with E-state index in [1.54, 1.807) is 24.5 Å². The van der Waals surface area contributed by atoms with Gasteiger partial charge in [-0.1, -0.05) is 78.9 Å². The normalized spacial score (nSPS) is 25.0. The van der Waals surface area contributed by atoms with Crippen LogP contribution in [0, 0.1) is 23.7 Å². The van der Waals surface area contributed by atoms with Crippen molar-refractivity contribution in [3.05, 3.63) is 149 Å². The zero-order chi connectivity index (χ0) is 29.6. The van der Waals surface area contributed by atoms with Crippen LogP contribution < -0.4 is 0 Å². The van der Waals surface area contributed by atoms with Crippen LogP contribution in [0.25, 0.3) is 5.57 Å². The Bertz CT molecular complexity index is 1640. The molecule has 3 aliphatic rings. The lowest BCUT2D eigenvalue weighted by Crippen LogP contribution is -2.38. The van der Waals surface area contributed by atoms with Crippen molar-refractivity contribution in [3.8, 4) is 0 Å². The minimum atomic E-state index is -1.65. The van der Waals surface area contributed by atoms with Crippen molar-refractivity contribution in [2.45, 2.75) is 12.0 Å². The molecule has 1 saturated heterocycles. The van der Waals surface area contributed by atoms with Crippen LogP contribution in [0.4, 0.5) is 0 Å². The SMILES string of the molecule is O=C1[C@@H]2[C@@H]3C(C(O)(c4ccccc4)c4ccccn4)=C[C@@H](C3=C(c3ccccc3)c3ccccn3)[C@@H]2C(=O)N1CCCO. The molecule has 0 radical (unpaired) electrons. The molecule has 2 aromatic carbocycles. The van der Waals surface area contributed by atoms with Gasteiger partial charge in [0.1, 0.15) is 0 Å². The maximum absolute atomic E-state index is 14.1. The van der Waals surface area contributed by atoms with E-state index in [4.69, 9.17) is 4.98 Å². The number of rotatable bonds is 8. The number of benzene rings is 2. The Morgan fingerprint density at radius 2 is 1.44 bits per heavy atom. The Morgan fingerprint density at radius 1 is 0.791 bits per heavy atom. The van der Waals surface area contributed by atoms with Gasteiger partial charge in [-0.3, -0.25) is 24.5 Å². The first-order valence-electron chi connectivity index (χ1n) is 14.6. The molecule has 0 spiro atoms. The molecule has 4 aromatic rings. The molecule has 2 fully saturated rings. The van der Waals surface area contributed by atoms with Gasteiger partial charge in [-0.05, 0) is 53.0 Å². The summed E-state index contributed by atoms with van der Waals surface area (Å²) >= 11 is 0. The molecule has 2 amide bonds. The first-order chi connectivity index (χ1) is 21.1. The number of imide groups is 1. The van der Waals surface area contributed by atoms with Crippen LogP contribution in [0.5, 0.6) is 0 Å². The molecule has 2 aliphatic carbocycles. The van der Waals surface area contributed by atoms with Gasteiger partial charge in [0, 0.05) is 43.0 Å². The summed E-state index contributed by atoms with van der Waals surface area (Å²) in [4.78, 5) is 38.7. The third-order valence-electron chi connectivity index (χ3n) is 9.08.